The number of aromatic nitrogens is 2. The van der Waals surface area contributed by atoms with Gasteiger partial charge in [-0.3, -0.25) is 9.59 Å². The molecule has 0 spiro atoms. The van der Waals surface area contributed by atoms with Crippen molar-refractivity contribution in [3.63, 3.8) is 0 Å². The van der Waals surface area contributed by atoms with E-state index in [1.54, 1.807) is 38.1 Å². The zero-order chi connectivity index (χ0) is 17.8. The lowest BCUT2D eigenvalue weighted by Crippen LogP contribution is -2.41. The minimum absolute atomic E-state index is 0.147. The van der Waals surface area contributed by atoms with E-state index < -0.39 is 11.9 Å². The summed E-state index contributed by atoms with van der Waals surface area (Å²) in [4.78, 5) is 28.3. The molecule has 128 valence electrons. The molecule has 2 heterocycles. The van der Waals surface area contributed by atoms with Crippen LogP contribution < -0.4 is 10.6 Å². The van der Waals surface area contributed by atoms with Gasteiger partial charge in [0.15, 0.2) is 5.76 Å². The van der Waals surface area contributed by atoms with Crippen molar-refractivity contribution in [1.29, 1.82) is 0 Å². The predicted octanol–water partition coefficient (Wildman–Crippen LogP) is 2.40. The van der Waals surface area contributed by atoms with Crippen LogP contribution in [0.1, 0.15) is 23.4 Å². The van der Waals surface area contributed by atoms with Crippen LogP contribution in [0.5, 0.6) is 0 Å². The van der Waals surface area contributed by atoms with E-state index >= 15 is 0 Å². The lowest BCUT2D eigenvalue weighted by atomic mass is 10.2. The smallest absolute Gasteiger partial charge is 0.287 e. The largest absolute Gasteiger partial charge is 0.459 e. The molecule has 1 unspecified atom stereocenters. The molecule has 0 fully saturated rings. The molecule has 1 aromatic carbocycles. The molecule has 8 heteroatoms. The number of amides is 2. The summed E-state index contributed by atoms with van der Waals surface area (Å²) in [6.07, 6.45) is 1.39. The zero-order valence-corrected chi connectivity index (χ0v) is 13.6. The minimum Gasteiger partial charge on any atom is -0.459 e. The Bertz CT molecular complexity index is 886. The highest BCUT2D eigenvalue weighted by atomic mass is 16.5. The lowest BCUT2D eigenvalue weighted by molar-refractivity contribution is -0.117. The van der Waals surface area contributed by atoms with Gasteiger partial charge in [0.2, 0.25) is 17.6 Å². The van der Waals surface area contributed by atoms with E-state index in [-0.39, 0.29) is 11.7 Å². The SMILES string of the molecule is Cc1nc(-c2cccc(NC(=O)C(C)NC(=O)c3ccco3)c2)no1. The van der Waals surface area contributed by atoms with Gasteiger partial charge in [-0.05, 0) is 31.2 Å². The van der Waals surface area contributed by atoms with Crippen LogP contribution in [-0.4, -0.2) is 28.0 Å². The lowest BCUT2D eigenvalue weighted by Gasteiger charge is -2.13. The van der Waals surface area contributed by atoms with Gasteiger partial charge >= 0.3 is 0 Å². The van der Waals surface area contributed by atoms with Gasteiger partial charge in [0, 0.05) is 18.2 Å². The molecule has 0 aliphatic rings. The first-order chi connectivity index (χ1) is 12.0. The van der Waals surface area contributed by atoms with Crippen molar-refractivity contribution in [2.24, 2.45) is 0 Å². The average molecular weight is 340 g/mol. The van der Waals surface area contributed by atoms with Crippen molar-refractivity contribution < 1.29 is 18.5 Å². The highest BCUT2D eigenvalue weighted by molar-refractivity contribution is 6.00. The third-order valence-corrected chi connectivity index (χ3v) is 3.40. The molecule has 8 nitrogen and oxygen atoms in total. The molecule has 3 aromatic rings. The minimum atomic E-state index is -0.742. The Kier molecular flexibility index (Phi) is 4.60. The van der Waals surface area contributed by atoms with Crippen molar-refractivity contribution in [3.05, 3.63) is 54.3 Å². The number of rotatable bonds is 5. The molecule has 0 saturated heterocycles. The molecule has 0 bridgehead atoms. The maximum Gasteiger partial charge on any atom is 0.287 e. The molecule has 1 atom stereocenters. The van der Waals surface area contributed by atoms with Gasteiger partial charge in [-0.2, -0.15) is 4.98 Å². The second kappa shape index (κ2) is 7.00. The van der Waals surface area contributed by atoms with E-state index in [9.17, 15) is 9.59 Å². The number of benzene rings is 1. The Morgan fingerprint density at radius 2 is 2.04 bits per heavy atom. The van der Waals surface area contributed by atoms with Crippen LogP contribution in [0, 0.1) is 6.92 Å². The quantitative estimate of drug-likeness (QED) is 0.738. The number of nitrogens with zero attached hydrogens (tertiary/aromatic N) is 2. The molecule has 2 aromatic heterocycles. The molecular formula is C17H16N4O4. The first-order valence-electron chi connectivity index (χ1n) is 7.59. The van der Waals surface area contributed by atoms with Gasteiger partial charge in [-0.15, -0.1) is 0 Å². The van der Waals surface area contributed by atoms with E-state index in [1.807, 2.05) is 6.07 Å². The number of hydrogen-bond donors (Lipinski definition) is 2. The van der Waals surface area contributed by atoms with Crippen molar-refractivity contribution in [2.75, 3.05) is 5.32 Å². The van der Waals surface area contributed by atoms with Crippen LogP contribution in [0.25, 0.3) is 11.4 Å². The monoisotopic (exact) mass is 340 g/mol. The summed E-state index contributed by atoms with van der Waals surface area (Å²) < 4.78 is 9.95. The predicted molar refractivity (Wildman–Crippen MR) is 88.7 cm³/mol. The molecule has 0 aliphatic heterocycles. The van der Waals surface area contributed by atoms with Crippen molar-refractivity contribution >= 4 is 17.5 Å². The van der Waals surface area contributed by atoms with Crippen molar-refractivity contribution in [1.82, 2.24) is 15.5 Å². The number of carbonyl (C=O) groups is 2. The molecule has 25 heavy (non-hydrogen) atoms. The number of hydrogen-bond acceptors (Lipinski definition) is 6. The Balaban J connectivity index is 1.65. The van der Waals surface area contributed by atoms with Gasteiger partial charge in [0.25, 0.3) is 5.91 Å². The number of anilines is 1. The van der Waals surface area contributed by atoms with Crippen LogP contribution in [-0.2, 0) is 4.79 Å². The highest BCUT2D eigenvalue weighted by Crippen LogP contribution is 2.20. The van der Waals surface area contributed by atoms with Crippen LogP contribution >= 0.6 is 0 Å². The first-order valence-corrected chi connectivity index (χ1v) is 7.59. The number of nitrogens with one attached hydrogen (secondary N) is 2. The van der Waals surface area contributed by atoms with E-state index in [0.717, 1.165) is 0 Å². The molecule has 2 amide bonds. The summed E-state index contributed by atoms with van der Waals surface area (Å²) >= 11 is 0. The van der Waals surface area contributed by atoms with Crippen molar-refractivity contribution in [3.8, 4) is 11.4 Å². The van der Waals surface area contributed by atoms with Gasteiger partial charge in [-0.25, -0.2) is 0 Å². The summed E-state index contributed by atoms with van der Waals surface area (Å²) in [6.45, 7) is 3.29. The van der Waals surface area contributed by atoms with Crippen LogP contribution in [0.4, 0.5) is 5.69 Å². The average Bonchev–Trinajstić information content (AvgIpc) is 3.26. The van der Waals surface area contributed by atoms with Gasteiger partial charge < -0.3 is 19.6 Å². The highest BCUT2D eigenvalue weighted by Gasteiger charge is 2.18. The van der Waals surface area contributed by atoms with Gasteiger partial charge in [0.1, 0.15) is 6.04 Å². The fourth-order valence-electron chi connectivity index (χ4n) is 2.14. The summed E-state index contributed by atoms with van der Waals surface area (Å²) in [7, 11) is 0. The van der Waals surface area contributed by atoms with Gasteiger partial charge in [-0.1, -0.05) is 17.3 Å². The zero-order valence-electron chi connectivity index (χ0n) is 13.6. The Labute approximate surface area is 143 Å². The second-order valence-corrected chi connectivity index (χ2v) is 5.38. The summed E-state index contributed by atoms with van der Waals surface area (Å²) in [5.74, 6) is 0.227. The Morgan fingerprint density at radius 3 is 2.72 bits per heavy atom. The summed E-state index contributed by atoms with van der Waals surface area (Å²) in [6, 6.07) is 9.42. The fourth-order valence-corrected chi connectivity index (χ4v) is 2.14. The first kappa shape index (κ1) is 16.4. The van der Waals surface area contributed by atoms with E-state index in [2.05, 4.69) is 20.8 Å². The molecule has 0 saturated carbocycles. The fraction of sp³-hybridized carbons (Fsp3) is 0.176. The number of aryl methyl sites for hydroxylation is 1. The van der Waals surface area contributed by atoms with E-state index in [1.165, 1.54) is 12.3 Å². The molecule has 0 aliphatic carbocycles. The van der Waals surface area contributed by atoms with E-state index in [4.69, 9.17) is 8.94 Å². The van der Waals surface area contributed by atoms with Crippen LogP contribution in [0.2, 0.25) is 0 Å². The maximum atomic E-state index is 12.3. The Hall–Kier alpha value is -3.42. The normalized spacial score (nSPS) is 11.8. The second-order valence-electron chi connectivity index (χ2n) is 5.38. The van der Waals surface area contributed by atoms with Crippen LogP contribution in [0.3, 0.4) is 0 Å². The van der Waals surface area contributed by atoms with Crippen molar-refractivity contribution in [2.45, 2.75) is 19.9 Å². The molecule has 2 N–H and O–H groups in total. The molecule has 0 radical (unpaired) electrons. The Morgan fingerprint density at radius 1 is 1.20 bits per heavy atom. The molecular weight excluding hydrogens is 324 g/mol. The third kappa shape index (κ3) is 3.92. The standard InChI is InChI=1S/C17H16N4O4/c1-10(18-17(23)14-7-4-8-24-14)16(22)20-13-6-3-5-12(9-13)15-19-11(2)25-21-15/h3-10H,1-2H3,(H,18,23)(H,20,22). The number of furan rings is 1. The van der Waals surface area contributed by atoms with Gasteiger partial charge in [0.05, 0.1) is 6.26 Å². The summed E-state index contributed by atoms with van der Waals surface area (Å²) in [5, 5.41) is 9.15. The third-order valence-electron chi connectivity index (χ3n) is 3.40. The topological polar surface area (TPSA) is 110 Å². The maximum absolute atomic E-state index is 12.3. The summed E-state index contributed by atoms with van der Waals surface area (Å²) in [5.41, 5.74) is 1.27. The van der Waals surface area contributed by atoms with E-state index in [0.29, 0.717) is 23.0 Å². The van der Waals surface area contributed by atoms with Crippen LogP contribution in [0.15, 0.2) is 51.6 Å². The molecule has 3 rings (SSSR count). The number of carbonyl (C=O) groups excluding carboxylic acids is 2.